The second-order valence-corrected chi connectivity index (χ2v) is 8.25. The van der Waals surface area contributed by atoms with Gasteiger partial charge in [0.25, 0.3) is 0 Å². The van der Waals surface area contributed by atoms with Gasteiger partial charge < -0.3 is 16.4 Å². The molecule has 8 heteroatoms. The van der Waals surface area contributed by atoms with Gasteiger partial charge in [0.05, 0.1) is 5.56 Å². The summed E-state index contributed by atoms with van der Waals surface area (Å²) in [4.78, 5) is 29.8. The van der Waals surface area contributed by atoms with Crippen molar-refractivity contribution in [1.29, 1.82) is 0 Å². The molecule has 0 aliphatic heterocycles. The van der Waals surface area contributed by atoms with E-state index < -0.39 is 0 Å². The molecule has 2 aromatic carbocycles. The lowest BCUT2D eigenvalue weighted by atomic mass is 10.0. The molecule has 0 unspecified atom stereocenters. The molecule has 0 saturated heterocycles. The highest BCUT2D eigenvalue weighted by atomic mass is 16.2. The Morgan fingerprint density at radius 3 is 2.58 bits per heavy atom. The Morgan fingerprint density at radius 1 is 1.09 bits per heavy atom. The number of nitrogens with zero attached hydrogens (tertiary/aromatic N) is 3. The molecule has 0 fully saturated rings. The molecule has 4 rings (SSSR count). The number of urea groups is 1. The highest BCUT2D eigenvalue weighted by Crippen LogP contribution is 2.27. The van der Waals surface area contributed by atoms with Crippen molar-refractivity contribution in [2.45, 2.75) is 33.2 Å². The summed E-state index contributed by atoms with van der Waals surface area (Å²) >= 11 is 0. The summed E-state index contributed by atoms with van der Waals surface area (Å²) in [5.41, 5.74) is 11.0. The number of nitrogens with two attached hydrogens (primary N) is 1. The van der Waals surface area contributed by atoms with Crippen molar-refractivity contribution in [3.05, 3.63) is 88.9 Å². The van der Waals surface area contributed by atoms with Crippen LogP contribution < -0.4 is 16.4 Å². The Bertz CT molecular complexity index is 1320. The van der Waals surface area contributed by atoms with Crippen molar-refractivity contribution in [1.82, 2.24) is 19.9 Å². The zero-order valence-electron chi connectivity index (χ0n) is 18.8. The first kappa shape index (κ1) is 22.0. The quantitative estimate of drug-likeness (QED) is 0.385. The number of ketones is 1. The molecular weight excluding hydrogens is 416 g/mol. The number of nitrogens with one attached hydrogen (secondary N) is 2. The summed E-state index contributed by atoms with van der Waals surface area (Å²) in [5, 5.41) is 9.88. The van der Waals surface area contributed by atoms with Crippen LogP contribution >= 0.6 is 0 Å². The van der Waals surface area contributed by atoms with Crippen molar-refractivity contribution in [3.63, 3.8) is 0 Å². The molecule has 0 aliphatic rings. The molecular formula is C25H26N6O2. The Labute approximate surface area is 191 Å². The van der Waals surface area contributed by atoms with Gasteiger partial charge in [-0.2, -0.15) is 5.10 Å². The van der Waals surface area contributed by atoms with Gasteiger partial charge in [0, 0.05) is 23.5 Å². The molecule has 168 valence electrons. The van der Waals surface area contributed by atoms with Crippen LogP contribution in [0.3, 0.4) is 0 Å². The zero-order valence-corrected chi connectivity index (χ0v) is 18.8. The van der Waals surface area contributed by atoms with Gasteiger partial charge in [0.15, 0.2) is 11.6 Å². The second-order valence-electron chi connectivity index (χ2n) is 8.25. The molecule has 0 aliphatic carbocycles. The summed E-state index contributed by atoms with van der Waals surface area (Å²) in [6.45, 7) is 6.46. The largest absolute Gasteiger partial charge is 0.382 e. The van der Waals surface area contributed by atoms with Crippen molar-refractivity contribution in [2.24, 2.45) is 0 Å². The third-order valence-electron chi connectivity index (χ3n) is 5.40. The molecule has 33 heavy (non-hydrogen) atoms. The predicted molar refractivity (Wildman–Crippen MR) is 128 cm³/mol. The number of carbonyl (C=O) groups is 2. The smallest absolute Gasteiger partial charge is 0.319 e. The molecule has 2 aromatic heterocycles. The lowest BCUT2D eigenvalue weighted by molar-refractivity contribution is 0.104. The maximum Gasteiger partial charge on any atom is 0.319 e. The summed E-state index contributed by atoms with van der Waals surface area (Å²) in [6, 6.07) is 16.2. The SMILES string of the molecule is Cc1ccc(CNC(=O)Nc2cccc(C(=O)c3cc(C(C)C)n4ncnc(N)c34)c2)cc1. The predicted octanol–water partition coefficient (Wildman–Crippen LogP) is 4.30. The fourth-order valence-corrected chi connectivity index (χ4v) is 3.63. The highest BCUT2D eigenvalue weighted by molar-refractivity contribution is 6.15. The van der Waals surface area contributed by atoms with E-state index in [2.05, 4.69) is 20.7 Å². The molecule has 8 nitrogen and oxygen atoms in total. The van der Waals surface area contributed by atoms with E-state index in [4.69, 9.17) is 5.73 Å². The van der Waals surface area contributed by atoms with E-state index in [1.807, 2.05) is 51.1 Å². The van der Waals surface area contributed by atoms with E-state index in [-0.39, 0.29) is 23.6 Å². The normalized spacial score (nSPS) is 11.0. The number of aromatic nitrogens is 3. The van der Waals surface area contributed by atoms with Gasteiger partial charge in [-0.05, 0) is 36.6 Å². The van der Waals surface area contributed by atoms with Crippen LogP contribution in [0.4, 0.5) is 16.3 Å². The number of hydrogen-bond acceptors (Lipinski definition) is 5. The number of benzene rings is 2. The number of aryl methyl sites for hydroxylation is 1. The fraction of sp³-hybridized carbons (Fsp3) is 0.200. The first-order valence-electron chi connectivity index (χ1n) is 10.7. The molecule has 0 saturated carbocycles. The van der Waals surface area contributed by atoms with Crippen LogP contribution in [0.15, 0.2) is 60.9 Å². The Kier molecular flexibility index (Phi) is 6.08. The molecule has 4 aromatic rings. The molecule has 0 radical (unpaired) electrons. The monoisotopic (exact) mass is 442 g/mol. The third-order valence-corrected chi connectivity index (χ3v) is 5.40. The van der Waals surface area contributed by atoms with Gasteiger partial charge in [-0.1, -0.05) is 55.8 Å². The van der Waals surface area contributed by atoms with Gasteiger partial charge in [0.2, 0.25) is 0 Å². The Balaban J connectivity index is 1.54. The molecule has 2 heterocycles. The lowest BCUT2D eigenvalue weighted by Gasteiger charge is -2.09. The number of nitrogen functional groups attached to an aromatic ring is 1. The van der Waals surface area contributed by atoms with Crippen molar-refractivity contribution < 1.29 is 9.59 Å². The van der Waals surface area contributed by atoms with Gasteiger partial charge in [-0.25, -0.2) is 14.3 Å². The minimum Gasteiger partial charge on any atom is -0.382 e. The molecule has 4 N–H and O–H groups in total. The summed E-state index contributed by atoms with van der Waals surface area (Å²) in [7, 11) is 0. The minimum absolute atomic E-state index is 0.138. The number of anilines is 2. The van der Waals surface area contributed by atoms with Crippen LogP contribution in [0.2, 0.25) is 0 Å². The van der Waals surface area contributed by atoms with Crippen LogP contribution in [0, 0.1) is 6.92 Å². The van der Waals surface area contributed by atoms with Gasteiger partial charge in [-0.3, -0.25) is 4.79 Å². The fourth-order valence-electron chi connectivity index (χ4n) is 3.63. The van der Waals surface area contributed by atoms with Crippen LogP contribution in [-0.4, -0.2) is 26.4 Å². The van der Waals surface area contributed by atoms with E-state index in [0.29, 0.717) is 28.9 Å². The second kappa shape index (κ2) is 9.12. The van der Waals surface area contributed by atoms with Crippen LogP contribution in [-0.2, 0) is 6.54 Å². The summed E-state index contributed by atoms with van der Waals surface area (Å²) in [6.07, 6.45) is 1.38. The average molecular weight is 443 g/mol. The molecule has 0 bridgehead atoms. The maximum atomic E-state index is 13.4. The topological polar surface area (TPSA) is 114 Å². The van der Waals surface area contributed by atoms with Gasteiger partial charge >= 0.3 is 6.03 Å². The van der Waals surface area contributed by atoms with Crippen LogP contribution in [0.1, 0.15) is 52.5 Å². The zero-order chi connectivity index (χ0) is 23.5. The van der Waals surface area contributed by atoms with E-state index in [1.54, 1.807) is 28.8 Å². The molecule has 0 spiro atoms. The number of amides is 2. The summed E-state index contributed by atoms with van der Waals surface area (Å²) in [5.74, 6) is 0.160. The van der Waals surface area contributed by atoms with Crippen molar-refractivity contribution in [2.75, 3.05) is 11.1 Å². The van der Waals surface area contributed by atoms with E-state index in [0.717, 1.165) is 16.8 Å². The minimum atomic E-state index is -0.353. The average Bonchev–Trinajstić information content (AvgIpc) is 3.20. The van der Waals surface area contributed by atoms with E-state index in [9.17, 15) is 9.59 Å². The van der Waals surface area contributed by atoms with Gasteiger partial charge in [-0.15, -0.1) is 0 Å². The molecule has 2 amide bonds. The Morgan fingerprint density at radius 2 is 1.85 bits per heavy atom. The number of fused-ring (bicyclic) bond motifs is 1. The molecule has 0 atom stereocenters. The van der Waals surface area contributed by atoms with E-state index >= 15 is 0 Å². The summed E-state index contributed by atoms with van der Waals surface area (Å²) < 4.78 is 1.67. The standard InChI is InChI=1S/C25H26N6O2/c1-15(2)21-12-20(22-24(26)28-14-29-31(21)22)23(32)18-5-4-6-19(11-18)30-25(33)27-13-17-9-7-16(3)8-10-17/h4-12,14-15H,13H2,1-3H3,(H2,26,28,29)(H2,27,30,33). The maximum absolute atomic E-state index is 13.4. The Hall–Kier alpha value is -4.20. The van der Waals surface area contributed by atoms with Crippen LogP contribution in [0.5, 0.6) is 0 Å². The van der Waals surface area contributed by atoms with Crippen molar-refractivity contribution >= 4 is 28.8 Å². The number of carbonyl (C=O) groups excluding carboxylic acids is 2. The number of rotatable bonds is 6. The number of hydrogen-bond donors (Lipinski definition) is 3. The first-order valence-corrected chi connectivity index (χ1v) is 10.7. The van der Waals surface area contributed by atoms with E-state index in [1.165, 1.54) is 6.33 Å². The van der Waals surface area contributed by atoms with Crippen molar-refractivity contribution in [3.8, 4) is 0 Å². The van der Waals surface area contributed by atoms with Gasteiger partial charge in [0.1, 0.15) is 11.8 Å². The van der Waals surface area contributed by atoms with Crippen LogP contribution in [0.25, 0.3) is 5.52 Å². The lowest BCUT2D eigenvalue weighted by Crippen LogP contribution is -2.28. The highest BCUT2D eigenvalue weighted by Gasteiger charge is 2.22. The first-order chi connectivity index (χ1) is 15.8. The third kappa shape index (κ3) is 4.69.